The summed E-state index contributed by atoms with van der Waals surface area (Å²) < 4.78 is 6.19. The maximum Gasteiger partial charge on any atom is 0.282 e. The van der Waals surface area contributed by atoms with E-state index in [-0.39, 0.29) is 11.5 Å². The van der Waals surface area contributed by atoms with Gasteiger partial charge < -0.3 is 31.0 Å². The van der Waals surface area contributed by atoms with Crippen molar-refractivity contribution in [3.05, 3.63) is 20.8 Å². The van der Waals surface area contributed by atoms with Gasteiger partial charge in [0.2, 0.25) is 5.95 Å². The fourth-order valence-corrected chi connectivity index (χ4v) is 4.75. The fraction of sp³-hybridized carbons (Fsp3) is 0.600. The number of aliphatic hydroxyl groups is 4. The van der Waals surface area contributed by atoms with Gasteiger partial charge in [-0.05, 0) is 24.8 Å². The lowest BCUT2D eigenvalue weighted by molar-refractivity contribution is -0.235. The van der Waals surface area contributed by atoms with E-state index in [2.05, 4.69) is 15.8 Å². The number of hydrogen-bond donors (Lipinski definition) is 7. The fourth-order valence-electron chi connectivity index (χ4n) is 3.50. The zero-order valence-electron chi connectivity index (χ0n) is 14.2. The third-order valence-electron chi connectivity index (χ3n) is 4.99. The zero-order chi connectivity index (χ0) is 19.3. The molecule has 148 valence electrons. The Labute approximate surface area is 157 Å². The van der Waals surface area contributed by atoms with Crippen LogP contribution in [-0.2, 0) is 17.6 Å². The molecule has 8 N–H and O–H groups in total. The van der Waals surface area contributed by atoms with Crippen LogP contribution < -0.4 is 22.3 Å². The van der Waals surface area contributed by atoms with Gasteiger partial charge >= 0.3 is 0 Å². The Morgan fingerprint density at radius 1 is 1.26 bits per heavy atom. The Kier molecular flexibility index (Phi) is 4.80. The number of nitrogens with two attached hydrogens (primary N) is 1. The highest BCUT2D eigenvalue weighted by molar-refractivity contribution is 7.18. The van der Waals surface area contributed by atoms with Crippen LogP contribution in [0.15, 0.2) is 4.79 Å². The molecule has 0 spiro atoms. The molecule has 1 aliphatic heterocycles. The predicted molar refractivity (Wildman–Crippen MR) is 96.6 cm³/mol. The van der Waals surface area contributed by atoms with Gasteiger partial charge in [0.1, 0.15) is 29.2 Å². The van der Waals surface area contributed by atoms with Crippen molar-refractivity contribution in [1.82, 2.24) is 15.1 Å². The molecule has 1 fully saturated rings. The molecule has 11 nitrogen and oxygen atoms in total. The van der Waals surface area contributed by atoms with E-state index in [9.17, 15) is 25.2 Å². The van der Waals surface area contributed by atoms with E-state index >= 15 is 0 Å². The largest absolute Gasteiger partial charge is 0.394 e. The van der Waals surface area contributed by atoms with Crippen LogP contribution in [0.4, 0.5) is 5.95 Å². The molecule has 0 amide bonds. The standard InChI is InChI=1S/C15H21N5O6S/c16-20-14(25)8-5-2-1-3-7(5)27-13(8)17-15(20)19-18-12-11(24)10(23)9(22)6(4-21)26-12/h6,9-12,18,21-24H,1-4,16H2,(H,17,19)/t6-,9-,10+,11+,12?/m1/s1. The van der Waals surface area contributed by atoms with Crippen LogP contribution in [0.2, 0.25) is 0 Å². The van der Waals surface area contributed by atoms with Crippen molar-refractivity contribution in [2.24, 2.45) is 0 Å². The molecule has 1 saturated heterocycles. The highest BCUT2D eigenvalue weighted by atomic mass is 32.1. The second-order valence-electron chi connectivity index (χ2n) is 6.67. The topological polar surface area (TPSA) is 175 Å². The van der Waals surface area contributed by atoms with Gasteiger partial charge in [-0.1, -0.05) is 0 Å². The lowest BCUT2D eigenvalue weighted by Crippen LogP contribution is -2.63. The summed E-state index contributed by atoms with van der Waals surface area (Å²) in [6.07, 6.45) is -3.93. The minimum atomic E-state index is -1.52. The van der Waals surface area contributed by atoms with Crippen LogP contribution in [-0.4, -0.2) is 67.3 Å². The average molecular weight is 399 g/mol. The van der Waals surface area contributed by atoms with Gasteiger partial charge in [0.25, 0.3) is 5.56 Å². The Morgan fingerprint density at radius 2 is 2.04 bits per heavy atom. The molecule has 0 radical (unpaired) electrons. The van der Waals surface area contributed by atoms with Gasteiger partial charge in [-0.25, -0.2) is 10.4 Å². The molecular formula is C15H21N5O6S. The predicted octanol–water partition coefficient (Wildman–Crippen LogP) is -2.62. The first-order valence-corrected chi connectivity index (χ1v) is 9.38. The Hall–Kier alpha value is -1.80. The first-order chi connectivity index (χ1) is 12.9. The summed E-state index contributed by atoms with van der Waals surface area (Å²) >= 11 is 1.46. The van der Waals surface area contributed by atoms with Gasteiger partial charge in [-0.2, -0.15) is 4.68 Å². The van der Waals surface area contributed by atoms with Gasteiger partial charge in [0.05, 0.1) is 12.0 Å². The van der Waals surface area contributed by atoms with Crippen LogP contribution >= 0.6 is 11.3 Å². The maximum atomic E-state index is 12.6. The van der Waals surface area contributed by atoms with E-state index in [1.807, 2.05) is 0 Å². The van der Waals surface area contributed by atoms with Gasteiger partial charge in [-0.15, -0.1) is 11.3 Å². The van der Waals surface area contributed by atoms with Crippen molar-refractivity contribution in [1.29, 1.82) is 0 Å². The number of anilines is 1. The molecular weight excluding hydrogens is 378 g/mol. The smallest absolute Gasteiger partial charge is 0.282 e. The van der Waals surface area contributed by atoms with E-state index in [0.717, 1.165) is 34.4 Å². The molecule has 4 rings (SSSR count). The number of aliphatic hydroxyl groups excluding tert-OH is 4. The summed E-state index contributed by atoms with van der Waals surface area (Å²) in [5.74, 6) is 5.87. The highest BCUT2D eigenvalue weighted by Gasteiger charge is 2.43. The van der Waals surface area contributed by atoms with E-state index in [0.29, 0.717) is 10.2 Å². The number of nitrogens with one attached hydrogen (secondary N) is 2. The van der Waals surface area contributed by atoms with Gasteiger partial charge in [0, 0.05) is 4.88 Å². The van der Waals surface area contributed by atoms with Crippen LogP contribution in [0.5, 0.6) is 0 Å². The molecule has 1 aliphatic carbocycles. The second-order valence-corrected chi connectivity index (χ2v) is 7.75. The monoisotopic (exact) mass is 399 g/mol. The number of thiophene rings is 1. The number of nitrogens with zero attached hydrogens (tertiary/aromatic N) is 2. The van der Waals surface area contributed by atoms with E-state index < -0.39 is 37.3 Å². The molecule has 5 atom stereocenters. The molecule has 0 saturated carbocycles. The van der Waals surface area contributed by atoms with Crippen molar-refractivity contribution >= 4 is 27.5 Å². The second kappa shape index (κ2) is 6.98. The first-order valence-electron chi connectivity index (χ1n) is 8.56. The summed E-state index contributed by atoms with van der Waals surface area (Å²) in [6, 6.07) is 0. The summed E-state index contributed by atoms with van der Waals surface area (Å²) in [4.78, 5) is 18.7. The van der Waals surface area contributed by atoms with Crippen LogP contribution in [0.1, 0.15) is 16.9 Å². The number of hydrogen-bond acceptors (Lipinski definition) is 11. The Bertz CT molecular complexity index is 914. The minimum Gasteiger partial charge on any atom is -0.394 e. The SMILES string of the molecule is Nn1c(NNC2O[C@H](CO)[C@@H](O)[C@H](O)[C@@H]2O)nc2sc3c(c2c1=O)CCC3. The Morgan fingerprint density at radius 3 is 2.78 bits per heavy atom. The molecule has 12 heteroatoms. The van der Waals surface area contributed by atoms with Gasteiger partial charge in [-0.3, -0.25) is 10.2 Å². The molecule has 0 bridgehead atoms. The molecule has 1 unspecified atom stereocenters. The number of aromatic nitrogens is 2. The first kappa shape index (κ1) is 18.6. The van der Waals surface area contributed by atoms with Crippen molar-refractivity contribution < 1.29 is 25.2 Å². The highest BCUT2D eigenvalue weighted by Crippen LogP contribution is 2.34. The lowest BCUT2D eigenvalue weighted by Gasteiger charge is -2.40. The number of nitrogen functional groups attached to an aromatic ring is 1. The number of hydrazine groups is 1. The average Bonchev–Trinajstić information content (AvgIpc) is 3.23. The maximum absolute atomic E-state index is 12.6. The molecule has 2 aromatic heterocycles. The normalized spacial score (nSPS) is 30.6. The number of fused-ring (bicyclic) bond motifs is 3. The van der Waals surface area contributed by atoms with Crippen LogP contribution in [0.3, 0.4) is 0 Å². The van der Waals surface area contributed by atoms with E-state index in [1.54, 1.807) is 0 Å². The number of aryl methyl sites for hydroxylation is 2. The molecule has 0 aromatic carbocycles. The molecule has 3 heterocycles. The summed E-state index contributed by atoms with van der Waals surface area (Å²) in [5.41, 5.74) is 5.83. The van der Waals surface area contributed by atoms with Crippen molar-refractivity contribution in [2.45, 2.75) is 49.9 Å². The van der Waals surface area contributed by atoms with Crippen molar-refractivity contribution in [3.63, 3.8) is 0 Å². The van der Waals surface area contributed by atoms with E-state index in [4.69, 9.17) is 10.6 Å². The number of rotatable bonds is 4. The summed E-state index contributed by atoms with van der Waals surface area (Å²) in [7, 11) is 0. The van der Waals surface area contributed by atoms with Crippen LogP contribution in [0, 0.1) is 0 Å². The summed E-state index contributed by atoms with van der Waals surface area (Å²) in [6.45, 7) is -0.546. The van der Waals surface area contributed by atoms with Gasteiger partial charge in [0.15, 0.2) is 6.23 Å². The molecule has 2 aliphatic rings. The minimum absolute atomic E-state index is 0.00406. The quantitative estimate of drug-likeness (QED) is 0.213. The number of ether oxygens (including phenoxy) is 1. The van der Waals surface area contributed by atoms with Crippen molar-refractivity contribution in [3.8, 4) is 0 Å². The zero-order valence-corrected chi connectivity index (χ0v) is 15.0. The van der Waals surface area contributed by atoms with E-state index in [1.165, 1.54) is 11.3 Å². The lowest BCUT2D eigenvalue weighted by atomic mass is 9.99. The Balaban J connectivity index is 1.57. The molecule has 27 heavy (non-hydrogen) atoms. The van der Waals surface area contributed by atoms with Crippen molar-refractivity contribution in [2.75, 3.05) is 17.9 Å². The third-order valence-corrected chi connectivity index (χ3v) is 6.18. The van der Waals surface area contributed by atoms with Crippen LogP contribution in [0.25, 0.3) is 10.2 Å². The third kappa shape index (κ3) is 2.99. The molecule has 2 aromatic rings. The summed E-state index contributed by atoms with van der Waals surface area (Å²) in [5, 5.41) is 39.4.